The number of aliphatic hydroxyl groups is 1. The molecule has 2 unspecified atom stereocenters. The second-order valence-corrected chi connectivity index (χ2v) is 4.09. The number of aromatic nitrogens is 1. The van der Waals surface area contributed by atoms with Crippen molar-refractivity contribution >= 4 is 0 Å². The van der Waals surface area contributed by atoms with Crippen LogP contribution in [0, 0.1) is 0 Å². The number of nitrogens with two attached hydrogens (primary N) is 1. The lowest BCUT2D eigenvalue weighted by molar-refractivity contribution is 0.0348. The predicted molar refractivity (Wildman–Crippen MR) is 66.5 cm³/mol. The van der Waals surface area contributed by atoms with Gasteiger partial charge in [-0.1, -0.05) is 6.07 Å². The first-order valence-corrected chi connectivity index (χ1v) is 5.66. The maximum absolute atomic E-state index is 9.69. The first-order chi connectivity index (χ1) is 8.19. The molecule has 0 saturated carbocycles. The number of hydrogen-bond donors (Lipinski definition) is 2. The predicted octanol–water partition coefficient (Wildman–Crippen LogP) is 0.0205. The first kappa shape index (κ1) is 14.1. The fraction of sp³-hybridized carbons (Fsp3) is 0.583. The molecule has 5 heteroatoms. The maximum atomic E-state index is 9.69. The third-order valence-corrected chi connectivity index (χ3v) is 2.68. The van der Waals surface area contributed by atoms with Gasteiger partial charge in [-0.3, -0.25) is 9.88 Å². The van der Waals surface area contributed by atoms with Gasteiger partial charge in [0.25, 0.3) is 0 Å². The summed E-state index contributed by atoms with van der Waals surface area (Å²) < 4.78 is 4.90. The molecular formula is C12H21N3O2. The Hall–Kier alpha value is -1.01. The van der Waals surface area contributed by atoms with Crippen molar-refractivity contribution in [1.29, 1.82) is 0 Å². The lowest BCUT2D eigenvalue weighted by atomic mass is 10.1. The normalized spacial score (nSPS) is 14.9. The van der Waals surface area contributed by atoms with Crippen molar-refractivity contribution in [2.75, 3.05) is 33.9 Å². The van der Waals surface area contributed by atoms with E-state index in [4.69, 9.17) is 10.5 Å². The quantitative estimate of drug-likeness (QED) is 0.702. The molecule has 0 saturated heterocycles. The lowest BCUT2D eigenvalue weighted by Gasteiger charge is -2.28. The Morgan fingerprint density at radius 2 is 2.35 bits per heavy atom. The van der Waals surface area contributed by atoms with E-state index in [2.05, 4.69) is 4.98 Å². The topological polar surface area (TPSA) is 71.6 Å². The number of likely N-dealkylation sites (N-methyl/N-ethyl adjacent to an activating group) is 1. The van der Waals surface area contributed by atoms with Crippen molar-refractivity contribution in [3.05, 3.63) is 30.1 Å². The zero-order valence-electron chi connectivity index (χ0n) is 10.4. The Bertz CT molecular complexity index is 308. The summed E-state index contributed by atoms with van der Waals surface area (Å²) in [5.41, 5.74) is 6.83. The van der Waals surface area contributed by atoms with Gasteiger partial charge in [0.1, 0.15) is 0 Å². The zero-order valence-corrected chi connectivity index (χ0v) is 10.4. The molecule has 0 bridgehead atoms. The number of nitrogens with zero attached hydrogens (tertiary/aromatic N) is 2. The Morgan fingerprint density at radius 1 is 1.59 bits per heavy atom. The molecule has 3 N–H and O–H groups in total. The van der Waals surface area contributed by atoms with E-state index in [1.165, 1.54) is 0 Å². The van der Waals surface area contributed by atoms with Crippen molar-refractivity contribution in [1.82, 2.24) is 9.88 Å². The van der Waals surface area contributed by atoms with Gasteiger partial charge in [-0.15, -0.1) is 0 Å². The van der Waals surface area contributed by atoms with Gasteiger partial charge in [-0.05, 0) is 18.7 Å². The van der Waals surface area contributed by atoms with Crippen LogP contribution in [0.3, 0.4) is 0 Å². The number of methoxy groups -OCH3 is 1. The number of aliphatic hydroxyl groups excluding tert-OH is 1. The Labute approximate surface area is 102 Å². The van der Waals surface area contributed by atoms with Crippen LogP contribution in [0.5, 0.6) is 0 Å². The van der Waals surface area contributed by atoms with Crippen LogP contribution < -0.4 is 5.73 Å². The minimum absolute atomic E-state index is 0.0650. The molecule has 96 valence electrons. The van der Waals surface area contributed by atoms with Gasteiger partial charge in [-0.2, -0.15) is 0 Å². The third kappa shape index (κ3) is 4.40. The van der Waals surface area contributed by atoms with E-state index in [-0.39, 0.29) is 6.04 Å². The summed E-state index contributed by atoms with van der Waals surface area (Å²) in [5, 5.41) is 9.69. The highest BCUT2D eigenvalue weighted by molar-refractivity contribution is 5.14. The molecule has 1 heterocycles. The molecular weight excluding hydrogens is 218 g/mol. The van der Waals surface area contributed by atoms with E-state index in [0.29, 0.717) is 19.7 Å². The number of hydrogen-bond acceptors (Lipinski definition) is 5. The summed E-state index contributed by atoms with van der Waals surface area (Å²) in [6.07, 6.45) is 3.03. The van der Waals surface area contributed by atoms with Crippen LogP contribution in [-0.4, -0.2) is 54.9 Å². The Balaban J connectivity index is 2.61. The van der Waals surface area contributed by atoms with Crippen molar-refractivity contribution in [3.8, 4) is 0 Å². The SMILES string of the molecule is COCC(O)CN(C)C(CN)c1cccnc1. The molecule has 0 amide bonds. The highest BCUT2D eigenvalue weighted by Crippen LogP contribution is 2.16. The molecule has 0 aliphatic heterocycles. The molecule has 1 rings (SSSR count). The smallest absolute Gasteiger partial charge is 0.0900 e. The summed E-state index contributed by atoms with van der Waals surface area (Å²) in [5.74, 6) is 0. The highest BCUT2D eigenvalue weighted by atomic mass is 16.5. The van der Waals surface area contributed by atoms with E-state index >= 15 is 0 Å². The molecule has 0 aliphatic rings. The molecule has 1 aromatic heterocycles. The maximum Gasteiger partial charge on any atom is 0.0900 e. The average Bonchev–Trinajstić information content (AvgIpc) is 2.31. The van der Waals surface area contributed by atoms with Gasteiger partial charge in [0, 0.05) is 38.6 Å². The molecule has 1 aromatic rings. The van der Waals surface area contributed by atoms with E-state index in [1.54, 1.807) is 19.5 Å². The second-order valence-electron chi connectivity index (χ2n) is 4.09. The highest BCUT2D eigenvalue weighted by Gasteiger charge is 2.18. The van der Waals surface area contributed by atoms with Crippen molar-refractivity contribution in [2.45, 2.75) is 12.1 Å². The van der Waals surface area contributed by atoms with E-state index in [9.17, 15) is 5.11 Å². The largest absolute Gasteiger partial charge is 0.389 e. The number of pyridine rings is 1. The first-order valence-electron chi connectivity index (χ1n) is 5.66. The molecule has 5 nitrogen and oxygen atoms in total. The molecule has 0 spiro atoms. The fourth-order valence-corrected chi connectivity index (χ4v) is 1.85. The number of rotatable bonds is 7. The van der Waals surface area contributed by atoms with Gasteiger partial charge in [-0.25, -0.2) is 0 Å². The fourth-order valence-electron chi connectivity index (χ4n) is 1.85. The Kier molecular flexibility index (Phi) is 6.07. The molecule has 0 aromatic carbocycles. The molecule has 2 atom stereocenters. The van der Waals surface area contributed by atoms with Gasteiger partial charge >= 0.3 is 0 Å². The van der Waals surface area contributed by atoms with Gasteiger partial charge in [0.2, 0.25) is 0 Å². The zero-order chi connectivity index (χ0) is 12.7. The van der Waals surface area contributed by atoms with Gasteiger partial charge in [0.05, 0.1) is 12.7 Å². The van der Waals surface area contributed by atoms with Crippen LogP contribution in [0.4, 0.5) is 0 Å². The molecule has 0 radical (unpaired) electrons. The van der Waals surface area contributed by atoms with Crippen molar-refractivity contribution in [2.24, 2.45) is 5.73 Å². The molecule has 17 heavy (non-hydrogen) atoms. The van der Waals surface area contributed by atoms with Crippen LogP contribution in [0.15, 0.2) is 24.5 Å². The van der Waals surface area contributed by atoms with Crippen LogP contribution in [0.25, 0.3) is 0 Å². The van der Waals surface area contributed by atoms with Gasteiger partial charge < -0.3 is 15.6 Å². The van der Waals surface area contributed by atoms with E-state index < -0.39 is 6.10 Å². The summed E-state index contributed by atoms with van der Waals surface area (Å²) in [4.78, 5) is 6.10. The van der Waals surface area contributed by atoms with Crippen LogP contribution in [0.2, 0.25) is 0 Å². The average molecular weight is 239 g/mol. The minimum Gasteiger partial charge on any atom is -0.389 e. The van der Waals surface area contributed by atoms with Crippen LogP contribution in [0.1, 0.15) is 11.6 Å². The summed E-state index contributed by atoms with van der Waals surface area (Å²) in [7, 11) is 3.51. The van der Waals surface area contributed by atoms with Crippen LogP contribution in [-0.2, 0) is 4.74 Å². The standard InChI is InChI=1S/C12H21N3O2/c1-15(8-11(16)9-17-2)12(6-13)10-4-3-5-14-7-10/h3-5,7,11-12,16H,6,8-9,13H2,1-2H3. The van der Waals surface area contributed by atoms with E-state index in [0.717, 1.165) is 5.56 Å². The number of ether oxygens (including phenoxy) is 1. The molecule has 0 fully saturated rings. The van der Waals surface area contributed by atoms with Crippen molar-refractivity contribution in [3.63, 3.8) is 0 Å². The molecule has 0 aliphatic carbocycles. The van der Waals surface area contributed by atoms with Gasteiger partial charge in [0.15, 0.2) is 0 Å². The monoisotopic (exact) mass is 239 g/mol. The van der Waals surface area contributed by atoms with Crippen LogP contribution >= 0.6 is 0 Å². The summed E-state index contributed by atoms with van der Waals surface area (Å²) >= 11 is 0. The second kappa shape index (κ2) is 7.34. The summed E-state index contributed by atoms with van der Waals surface area (Å²) in [6.45, 7) is 1.33. The van der Waals surface area contributed by atoms with E-state index in [1.807, 2.05) is 24.1 Å². The Morgan fingerprint density at radius 3 is 2.88 bits per heavy atom. The minimum atomic E-state index is -0.504. The van der Waals surface area contributed by atoms with Crippen molar-refractivity contribution < 1.29 is 9.84 Å². The lowest BCUT2D eigenvalue weighted by Crippen LogP contribution is -2.37. The third-order valence-electron chi connectivity index (χ3n) is 2.68. The summed E-state index contributed by atoms with van der Waals surface area (Å²) in [6, 6.07) is 3.94.